The molecule has 0 unspecified atom stereocenters. The molecule has 2 nitrogen and oxygen atoms in total. The molecule has 0 radical (unpaired) electrons. The maximum absolute atomic E-state index is 6.12. The Morgan fingerprint density at radius 2 is 1.75 bits per heavy atom. The summed E-state index contributed by atoms with van der Waals surface area (Å²) in [5.41, 5.74) is 4.13. The molecule has 0 saturated carbocycles. The van der Waals surface area contributed by atoms with Gasteiger partial charge in [0.25, 0.3) is 0 Å². The van der Waals surface area contributed by atoms with E-state index in [1.54, 1.807) is 0 Å². The molecule has 3 rings (SSSR count). The fourth-order valence-electron chi connectivity index (χ4n) is 2.04. The van der Waals surface area contributed by atoms with Crippen LogP contribution < -0.4 is 0 Å². The molecule has 0 amide bonds. The Morgan fingerprint density at radius 3 is 2.40 bits per heavy atom. The lowest BCUT2D eigenvalue weighted by Gasteiger charge is -2.06. The summed E-state index contributed by atoms with van der Waals surface area (Å²) in [6.45, 7) is 9.18. The van der Waals surface area contributed by atoms with Gasteiger partial charge in [0.1, 0.15) is 5.15 Å². The highest BCUT2D eigenvalue weighted by atomic mass is 35.5. The fourth-order valence-corrected chi connectivity index (χ4v) is 2.46. The summed E-state index contributed by atoms with van der Waals surface area (Å²) < 4.78 is 5.41. The quantitative estimate of drug-likeness (QED) is 0.497. The Balaban J connectivity index is 0.000000461. The lowest BCUT2D eigenvalue weighted by atomic mass is 10.0. The maximum atomic E-state index is 6.12. The van der Waals surface area contributed by atoms with Crippen LogP contribution in [0.2, 0.25) is 5.15 Å². The molecular formula is C16H21Cl2NO. The number of aromatic nitrogens is 1. The zero-order valence-corrected chi connectivity index (χ0v) is 14.0. The summed E-state index contributed by atoms with van der Waals surface area (Å²) in [4.78, 5) is 4.38. The number of rotatable bonds is 1. The Bertz CT molecular complexity index is 570. The molecule has 2 aromatic rings. The van der Waals surface area contributed by atoms with Crippen molar-refractivity contribution in [2.24, 2.45) is 0 Å². The van der Waals surface area contributed by atoms with Crippen molar-refractivity contribution in [3.05, 3.63) is 40.0 Å². The number of pyridine rings is 1. The van der Waals surface area contributed by atoms with Crippen LogP contribution in [0.4, 0.5) is 0 Å². The summed E-state index contributed by atoms with van der Waals surface area (Å²) in [5.74, 6) is 0.489. The van der Waals surface area contributed by atoms with Crippen LogP contribution in [0.25, 0.3) is 10.9 Å². The van der Waals surface area contributed by atoms with Gasteiger partial charge in [-0.25, -0.2) is 4.98 Å². The second-order valence-corrected chi connectivity index (χ2v) is 4.46. The van der Waals surface area contributed by atoms with Crippen molar-refractivity contribution >= 4 is 34.1 Å². The minimum absolute atomic E-state index is 0.489. The van der Waals surface area contributed by atoms with Crippen LogP contribution in [-0.4, -0.2) is 4.98 Å². The number of fused-ring (bicyclic) bond motifs is 3. The van der Waals surface area contributed by atoms with Crippen LogP contribution in [0.15, 0.2) is 18.2 Å². The van der Waals surface area contributed by atoms with E-state index in [2.05, 4.69) is 4.98 Å². The van der Waals surface area contributed by atoms with Gasteiger partial charge in [-0.05, 0) is 17.2 Å². The molecule has 110 valence electrons. The van der Waals surface area contributed by atoms with Gasteiger partial charge < -0.3 is 4.74 Å². The number of halogens is 2. The third kappa shape index (κ3) is 3.43. The Hall–Kier alpha value is -0.830. The summed E-state index contributed by atoms with van der Waals surface area (Å²) in [5, 5.41) is 1.66. The van der Waals surface area contributed by atoms with E-state index in [0.29, 0.717) is 24.2 Å². The van der Waals surface area contributed by atoms with E-state index >= 15 is 0 Å². The molecule has 0 N–H and O–H groups in total. The molecule has 1 aromatic carbocycles. The third-order valence-electron chi connectivity index (χ3n) is 2.87. The molecular weight excluding hydrogens is 293 g/mol. The van der Waals surface area contributed by atoms with Gasteiger partial charge in [-0.15, -0.1) is 11.6 Å². The van der Waals surface area contributed by atoms with E-state index in [9.17, 15) is 0 Å². The van der Waals surface area contributed by atoms with Gasteiger partial charge in [0.15, 0.2) is 0 Å². The SMILES string of the molecule is CC.CC.ClCc1ccc2c3c(c(Cl)nc2c1)COC3. The number of alkyl halides is 1. The van der Waals surface area contributed by atoms with Crippen molar-refractivity contribution < 1.29 is 4.74 Å². The van der Waals surface area contributed by atoms with Crippen molar-refractivity contribution in [1.82, 2.24) is 4.98 Å². The second-order valence-electron chi connectivity index (χ2n) is 3.84. The van der Waals surface area contributed by atoms with E-state index in [0.717, 1.165) is 27.6 Å². The summed E-state index contributed by atoms with van der Waals surface area (Å²) in [6, 6.07) is 6.04. The Labute approximate surface area is 131 Å². The topological polar surface area (TPSA) is 22.1 Å². The molecule has 4 heteroatoms. The molecule has 0 bridgehead atoms. The van der Waals surface area contributed by atoms with Crippen molar-refractivity contribution in [3.8, 4) is 0 Å². The van der Waals surface area contributed by atoms with Crippen LogP contribution in [-0.2, 0) is 23.8 Å². The van der Waals surface area contributed by atoms with Crippen molar-refractivity contribution in [3.63, 3.8) is 0 Å². The van der Waals surface area contributed by atoms with Gasteiger partial charge in [-0.1, -0.05) is 51.4 Å². The fraction of sp³-hybridized carbons (Fsp3) is 0.438. The van der Waals surface area contributed by atoms with Crippen LogP contribution in [0.1, 0.15) is 44.4 Å². The first-order chi connectivity index (χ1) is 9.79. The van der Waals surface area contributed by atoms with Crippen LogP contribution in [0.3, 0.4) is 0 Å². The average molecular weight is 314 g/mol. The molecule has 1 aromatic heterocycles. The molecule has 0 aliphatic carbocycles. The highest BCUT2D eigenvalue weighted by Crippen LogP contribution is 2.32. The van der Waals surface area contributed by atoms with Gasteiger partial charge in [-0.3, -0.25) is 0 Å². The molecule has 1 aliphatic rings. The minimum Gasteiger partial charge on any atom is -0.372 e. The van der Waals surface area contributed by atoms with E-state index in [1.807, 2.05) is 45.9 Å². The Kier molecular flexibility index (Phi) is 7.28. The predicted molar refractivity (Wildman–Crippen MR) is 87.5 cm³/mol. The number of ether oxygens (including phenoxy) is 1. The highest BCUT2D eigenvalue weighted by Gasteiger charge is 2.19. The predicted octanol–water partition coefficient (Wildman–Crippen LogP) is 5.71. The molecule has 0 saturated heterocycles. The molecule has 0 spiro atoms. The zero-order chi connectivity index (χ0) is 15.1. The van der Waals surface area contributed by atoms with Crippen molar-refractivity contribution in [2.45, 2.75) is 46.8 Å². The van der Waals surface area contributed by atoms with Gasteiger partial charge >= 0.3 is 0 Å². The first kappa shape index (κ1) is 17.2. The van der Waals surface area contributed by atoms with Crippen LogP contribution in [0.5, 0.6) is 0 Å². The van der Waals surface area contributed by atoms with E-state index in [-0.39, 0.29) is 0 Å². The normalized spacial score (nSPS) is 12.1. The van der Waals surface area contributed by atoms with E-state index < -0.39 is 0 Å². The highest BCUT2D eigenvalue weighted by molar-refractivity contribution is 6.30. The van der Waals surface area contributed by atoms with E-state index in [4.69, 9.17) is 27.9 Å². The summed E-state index contributed by atoms with van der Waals surface area (Å²) in [6.07, 6.45) is 0. The molecule has 1 aliphatic heterocycles. The van der Waals surface area contributed by atoms with Gasteiger partial charge in [0, 0.05) is 16.8 Å². The van der Waals surface area contributed by atoms with Crippen molar-refractivity contribution in [2.75, 3.05) is 0 Å². The first-order valence-electron chi connectivity index (χ1n) is 7.03. The van der Waals surface area contributed by atoms with Crippen LogP contribution >= 0.6 is 23.2 Å². The van der Waals surface area contributed by atoms with E-state index in [1.165, 1.54) is 0 Å². The standard InChI is InChI=1S/C12H9Cl2NO.2C2H6/c13-4-7-1-2-8-9-5-16-6-10(9)12(14)15-11(8)3-7;2*1-2/h1-3H,4-6H2;2*1-2H3. The zero-order valence-electron chi connectivity index (χ0n) is 12.5. The lowest BCUT2D eigenvalue weighted by molar-refractivity contribution is 0.135. The third-order valence-corrected chi connectivity index (χ3v) is 3.49. The summed E-state index contributed by atoms with van der Waals surface area (Å²) >= 11 is 11.9. The molecule has 0 atom stereocenters. The molecule has 20 heavy (non-hydrogen) atoms. The van der Waals surface area contributed by atoms with Gasteiger partial charge in [0.2, 0.25) is 0 Å². The first-order valence-corrected chi connectivity index (χ1v) is 7.94. The molecule has 0 fully saturated rings. The lowest BCUT2D eigenvalue weighted by Crippen LogP contribution is -1.92. The summed E-state index contributed by atoms with van der Waals surface area (Å²) in [7, 11) is 0. The monoisotopic (exact) mass is 313 g/mol. The van der Waals surface area contributed by atoms with Crippen LogP contribution in [0, 0.1) is 0 Å². The molecule has 2 heterocycles. The van der Waals surface area contributed by atoms with Crippen molar-refractivity contribution in [1.29, 1.82) is 0 Å². The minimum atomic E-state index is 0.489. The largest absolute Gasteiger partial charge is 0.372 e. The number of hydrogen-bond donors (Lipinski definition) is 0. The number of nitrogens with zero attached hydrogens (tertiary/aromatic N) is 1. The Morgan fingerprint density at radius 1 is 1.10 bits per heavy atom. The van der Waals surface area contributed by atoms with Gasteiger partial charge in [-0.2, -0.15) is 0 Å². The number of benzene rings is 1. The number of hydrogen-bond acceptors (Lipinski definition) is 2. The second kappa shape index (κ2) is 8.46. The van der Waals surface area contributed by atoms with Gasteiger partial charge in [0.05, 0.1) is 18.7 Å². The maximum Gasteiger partial charge on any atom is 0.135 e. The smallest absolute Gasteiger partial charge is 0.135 e. The average Bonchev–Trinajstić information content (AvgIpc) is 3.01.